The average Bonchev–Trinajstić information content (AvgIpc) is 3.21. The number of carbonyl (C=O) groups is 3. The minimum Gasteiger partial charge on any atom is -0.483 e. The number of urea groups is 1. The number of carboxylic acids is 1. The van der Waals surface area contributed by atoms with E-state index >= 15 is 0 Å². The summed E-state index contributed by atoms with van der Waals surface area (Å²) in [6.07, 6.45) is 1.85. The van der Waals surface area contributed by atoms with E-state index in [1.54, 1.807) is 0 Å². The first kappa shape index (κ1) is 15.3. The number of hydrogen-bond acceptors (Lipinski definition) is 4. The minimum atomic E-state index is -1.10. The summed E-state index contributed by atoms with van der Waals surface area (Å²) in [6, 6.07) is 3.81. The van der Waals surface area contributed by atoms with Gasteiger partial charge in [0.25, 0.3) is 5.91 Å². The van der Waals surface area contributed by atoms with E-state index < -0.39 is 17.9 Å². The molecular formula is C13H13BrN2O5. The molecule has 0 atom stereocenters. The van der Waals surface area contributed by atoms with Crippen molar-refractivity contribution in [2.24, 2.45) is 0 Å². The molecule has 0 heterocycles. The standard InChI is InChI=1S/C13H13BrN2O5/c14-9-4-1-7(12(18)19)5-10(9)21-6-11(17)16-13(20)15-8-2-3-8/h1,4-5,8H,2-3,6H2,(H,18,19)(H2,15,16,17,20). The molecule has 1 fully saturated rings. The summed E-state index contributed by atoms with van der Waals surface area (Å²) < 4.78 is 5.73. The van der Waals surface area contributed by atoms with Crippen LogP contribution in [0.1, 0.15) is 23.2 Å². The zero-order valence-corrected chi connectivity index (χ0v) is 12.5. The van der Waals surface area contributed by atoms with Crippen LogP contribution in [0.2, 0.25) is 0 Å². The SMILES string of the molecule is O=C(COc1cc(C(=O)O)ccc1Br)NC(=O)NC1CC1. The maximum Gasteiger partial charge on any atom is 0.335 e. The molecule has 0 aliphatic heterocycles. The van der Waals surface area contributed by atoms with Crippen molar-refractivity contribution in [1.29, 1.82) is 0 Å². The predicted molar refractivity (Wildman–Crippen MR) is 76.3 cm³/mol. The third-order valence-electron chi connectivity index (χ3n) is 2.70. The minimum absolute atomic E-state index is 0.0417. The maximum absolute atomic E-state index is 11.5. The Morgan fingerprint density at radius 3 is 2.67 bits per heavy atom. The molecule has 21 heavy (non-hydrogen) atoms. The van der Waals surface area contributed by atoms with Gasteiger partial charge in [-0.1, -0.05) is 0 Å². The molecule has 1 saturated carbocycles. The van der Waals surface area contributed by atoms with Gasteiger partial charge in [-0.15, -0.1) is 0 Å². The van der Waals surface area contributed by atoms with Crippen molar-refractivity contribution in [2.75, 3.05) is 6.61 Å². The van der Waals surface area contributed by atoms with E-state index in [1.807, 2.05) is 0 Å². The predicted octanol–water partition coefficient (Wildman–Crippen LogP) is 1.51. The lowest BCUT2D eigenvalue weighted by Gasteiger charge is -2.09. The molecule has 7 nitrogen and oxygen atoms in total. The number of ether oxygens (including phenoxy) is 1. The molecule has 0 aromatic heterocycles. The number of imide groups is 1. The average molecular weight is 357 g/mol. The summed E-state index contributed by atoms with van der Waals surface area (Å²) in [5.41, 5.74) is 0.0417. The fraction of sp³-hybridized carbons (Fsp3) is 0.308. The lowest BCUT2D eigenvalue weighted by Crippen LogP contribution is -2.42. The van der Waals surface area contributed by atoms with Gasteiger partial charge in [-0.2, -0.15) is 0 Å². The van der Waals surface area contributed by atoms with Crippen LogP contribution in [-0.4, -0.2) is 35.7 Å². The van der Waals surface area contributed by atoms with Crippen molar-refractivity contribution >= 4 is 33.8 Å². The van der Waals surface area contributed by atoms with Gasteiger partial charge in [0.15, 0.2) is 6.61 Å². The van der Waals surface area contributed by atoms with Crippen LogP contribution in [0.3, 0.4) is 0 Å². The van der Waals surface area contributed by atoms with Crippen molar-refractivity contribution in [2.45, 2.75) is 18.9 Å². The normalized spacial score (nSPS) is 13.4. The van der Waals surface area contributed by atoms with Crippen LogP contribution in [0.25, 0.3) is 0 Å². The van der Waals surface area contributed by atoms with E-state index in [-0.39, 0.29) is 24.0 Å². The number of carboxylic acid groups (broad SMARTS) is 1. The molecule has 8 heteroatoms. The lowest BCUT2D eigenvalue weighted by molar-refractivity contribution is -0.122. The molecule has 2 rings (SSSR count). The summed E-state index contributed by atoms with van der Waals surface area (Å²) in [4.78, 5) is 33.7. The van der Waals surface area contributed by atoms with Gasteiger partial charge < -0.3 is 15.2 Å². The fourth-order valence-electron chi connectivity index (χ4n) is 1.50. The van der Waals surface area contributed by atoms with Gasteiger partial charge in [-0.05, 0) is 47.0 Å². The van der Waals surface area contributed by atoms with Crippen LogP contribution in [0.4, 0.5) is 4.79 Å². The monoisotopic (exact) mass is 356 g/mol. The number of rotatable bonds is 5. The first-order valence-corrected chi connectivity index (χ1v) is 7.01. The van der Waals surface area contributed by atoms with Crippen molar-refractivity contribution in [1.82, 2.24) is 10.6 Å². The summed E-state index contributed by atoms with van der Waals surface area (Å²) >= 11 is 3.19. The van der Waals surface area contributed by atoms with Crippen LogP contribution in [-0.2, 0) is 4.79 Å². The van der Waals surface area contributed by atoms with Crippen LogP contribution >= 0.6 is 15.9 Å². The molecular weight excluding hydrogens is 344 g/mol. The van der Waals surface area contributed by atoms with E-state index in [0.717, 1.165) is 12.8 Å². The topological polar surface area (TPSA) is 105 Å². The molecule has 3 N–H and O–H groups in total. The van der Waals surface area contributed by atoms with Gasteiger partial charge in [0.2, 0.25) is 0 Å². The van der Waals surface area contributed by atoms with E-state index in [2.05, 4.69) is 26.6 Å². The number of carbonyl (C=O) groups excluding carboxylic acids is 2. The second-order valence-electron chi connectivity index (χ2n) is 4.53. The zero-order valence-electron chi connectivity index (χ0n) is 10.9. The highest BCUT2D eigenvalue weighted by Crippen LogP contribution is 2.26. The number of nitrogens with one attached hydrogen (secondary N) is 2. The number of amides is 3. The van der Waals surface area contributed by atoms with Crippen LogP contribution in [0.15, 0.2) is 22.7 Å². The van der Waals surface area contributed by atoms with Crippen LogP contribution in [0.5, 0.6) is 5.75 Å². The summed E-state index contributed by atoms with van der Waals surface area (Å²) in [7, 11) is 0. The van der Waals surface area contributed by atoms with E-state index in [1.165, 1.54) is 18.2 Å². The van der Waals surface area contributed by atoms with Crippen molar-refractivity contribution in [3.8, 4) is 5.75 Å². The Morgan fingerprint density at radius 2 is 2.05 bits per heavy atom. The van der Waals surface area contributed by atoms with Gasteiger partial charge in [-0.3, -0.25) is 10.1 Å². The smallest absolute Gasteiger partial charge is 0.335 e. The van der Waals surface area contributed by atoms with Gasteiger partial charge in [-0.25, -0.2) is 9.59 Å². The number of halogens is 1. The summed E-state index contributed by atoms with van der Waals surface area (Å²) in [5, 5.41) is 13.6. The molecule has 0 bridgehead atoms. The quantitative estimate of drug-likeness (QED) is 0.741. The molecule has 112 valence electrons. The molecule has 0 saturated heterocycles. The molecule has 0 unspecified atom stereocenters. The summed E-state index contributed by atoms with van der Waals surface area (Å²) in [6.45, 7) is -0.389. The molecule has 1 aromatic rings. The molecule has 1 aliphatic carbocycles. The largest absolute Gasteiger partial charge is 0.483 e. The maximum atomic E-state index is 11.5. The van der Waals surface area contributed by atoms with Crippen LogP contribution in [0, 0.1) is 0 Å². The third-order valence-corrected chi connectivity index (χ3v) is 3.36. The number of aromatic carboxylic acids is 1. The summed E-state index contributed by atoms with van der Waals surface area (Å²) in [5.74, 6) is -1.49. The Morgan fingerprint density at radius 1 is 1.33 bits per heavy atom. The molecule has 3 amide bonds. The molecule has 1 aromatic carbocycles. The van der Waals surface area contributed by atoms with Gasteiger partial charge in [0.1, 0.15) is 5.75 Å². The Hall–Kier alpha value is -2.09. The molecule has 0 spiro atoms. The lowest BCUT2D eigenvalue weighted by atomic mass is 10.2. The second kappa shape index (κ2) is 6.57. The van der Waals surface area contributed by atoms with Gasteiger partial charge in [0.05, 0.1) is 10.0 Å². The number of hydrogen-bond donors (Lipinski definition) is 3. The van der Waals surface area contributed by atoms with E-state index in [9.17, 15) is 14.4 Å². The van der Waals surface area contributed by atoms with Gasteiger partial charge in [0, 0.05) is 6.04 Å². The van der Waals surface area contributed by atoms with Crippen molar-refractivity contribution in [3.63, 3.8) is 0 Å². The highest BCUT2D eigenvalue weighted by atomic mass is 79.9. The van der Waals surface area contributed by atoms with Crippen LogP contribution < -0.4 is 15.4 Å². The first-order chi connectivity index (χ1) is 9.95. The van der Waals surface area contributed by atoms with Gasteiger partial charge >= 0.3 is 12.0 Å². The highest BCUT2D eigenvalue weighted by Gasteiger charge is 2.24. The first-order valence-electron chi connectivity index (χ1n) is 6.21. The zero-order chi connectivity index (χ0) is 15.4. The Labute approximate surface area is 128 Å². The molecule has 0 radical (unpaired) electrons. The highest BCUT2D eigenvalue weighted by molar-refractivity contribution is 9.10. The van der Waals surface area contributed by atoms with Crippen molar-refractivity contribution in [3.05, 3.63) is 28.2 Å². The van der Waals surface area contributed by atoms with E-state index in [0.29, 0.717) is 4.47 Å². The molecule has 1 aliphatic rings. The fourth-order valence-corrected chi connectivity index (χ4v) is 1.86. The Kier molecular flexibility index (Phi) is 4.79. The number of benzene rings is 1. The Bertz CT molecular complexity index is 586. The Balaban J connectivity index is 1.86. The second-order valence-corrected chi connectivity index (χ2v) is 5.39. The van der Waals surface area contributed by atoms with Crippen molar-refractivity contribution < 1.29 is 24.2 Å². The van der Waals surface area contributed by atoms with E-state index in [4.69, 9.17) is 9.84 Å². The third kappa shape index (κ3) is 4.75.